The van der Waals surface area contributed by atoms with E-state index >= 15 is 0 Å². The Hall–Kier alpha value is -2.79. The van der Waals surface area contributed by atoms with E-state index in [4.69, 9.17) is 9.47 Å². The van der Waals surface area contributed by atoms with Crippen molar-refractivity contribution in [1.82, 2.24) is 10.6 Å². The van der Waals surface area contributed by atoms with Gasteiger partial charge in [-0.05, 0) is 49.1 Å². The number of benzene rings is 2. The van der Waals surface area contributed by atoms with Gasteiger partial charge in [0.15, 0.2) is 0 Å². The van der Waals surface area contributed by atoms with Crippen molar-refractivity contribution in [1.29, 1.82) is 0 Å². The highest BCUT2D eigenvalue weighted by Crippen LogP contribution is 2.40. The number of ether oxygens (including phenoxy) is 2. The van der Waals surface area contributed by atoms with Crippen molar-refractivity contribution in [2.75, 3.05) is 19.8 Å². The summed E-state index contributed by atoms with van der Waals surface area (Å²) < 4.78 is 90.6. The highest BCUT2D eigenvalue weighted by molar-refractivity contribution is 5.70. The van der Waals surface area contributed by atoms with Gasteiger partial charge in [0.05, 0.1) is 34.9 Å². The molecule has 2 aromatic carbocycles. The number of piperidine rings is 1. The molecule has 2 N–H and O–H groups in total. The van der Waals surface area contributed by atoms with Crippen molar-refractivity contribution in [3.05, 3.63) is 70.8 Å². The highest BCUT2D eigenvalue weighted by atomic mass is 19.4. The van der Waals surface area contributed by atoms with Gasteiger partial charge in [-0.15, -0.1) is 0 Å². The zero-order chi connectivity index (χ0) is 25.5. The van der Waals surface area contributed by atoms with Gasteiger partial charge >= 0.3 is 18.4 Å². The van der Waals surface area contributed by atoms with E-state index in [2.05, 4.69) is 10.6 Å². The number of hydrogen-bond acceptors (Lipinski definition) is 4. The van der Waals surface area contributed by atoms with E-state index in [0.717, 1.165) is 5.56 Å². The fourth-order valence-corrected chi connectivity index (χ4v) is 4.48. The van der Waals surface area contributed by atoms with E-state index in [-0.39, 0.29) is 24.8 Å². The molecule has 1 spiro atoms. The molecule has 2 aliphatic heterocycles. The van der Waals surface area contributed by atoms with Gasteiger partial charge in [0.1, 0.15) is 6.61 Å². The van der Waals surface area contributed by atoms with Crippen LogP contribution < -0.4 is 10.6 Å². The Balaban J connectivity index is 1.58. The SMILES string of the molecule is C[C@@H](OC[C@@]1(c2ccccc2)CC[C@@]2(CN1)COC(=O)N2)c1cc(C(F)(F)F)cc(C(F)(F)F)c1. The summed E-state index contributed by atoms with van der Waals surface area (Å²) in [7, 11) is 0. The number of rotatable bonds is 5. The lowest BCUT2D eigenvalue weighted by atomic mass is 9.77. The number of alkyl halides is 6. The van der Waals surface area contributed by atoms with Crippen LogP contribution in [0.3, 0.4) is 0 Å². The van der Waals surface area contributed by atoms with E-state index < -0.39 is 46.8 Å². The van der Waals surface area contributed by atoms with Gasteiger partial charge in [-0.2, -0.15) is 26.3 Å². The van der Waals surface area contributed by atoms with Gasteiger partial charge in [0, 0.05) is 6.54 Å². The van der Waals surface area contributed by atoms with Gasteiger partial charge in [-0.25, -0.2) is 4.79 Å². The largest absolute Gasteiger partial charge is 0.447 e. The standard InChI is InChI=1S/C24H24F6N2O3/c1-15(16-9-18(23(25,26)27)11-19(10-16)24(28,29)30)34-14-22(17-5-3-2-4-6-17)8-7-21(12-31-22)13-35-20(33)32-21/h2-6,9-11,15,31H,7-8,12-14H2,1H3,(H,32,33)/t15-,21-,22-/m1/s1. The second-order valence-electron chi connectivity index (χ2n) is 9.08. The predicted octanol–water partition coefficient (Wildman–Crippen LogP) is 5.56. The smallest absolute Gasteiger partial charge is 0.416 e. The number of alkyl carbamates (subject to hydrolysis) is 1. The van der Waals surface area contributed by atoms with Gasteiger partial charge < -0.3 is 20.1 Å². The third-order valence-electron chi connectivity index (χ3n) is 6.63. The first-order chi connectivity index (χ1) is 16.3. The van der Waals surface area contributed by atoms with Gasteiger partial charge in [-0.1, -0.05) is 30.3 Å². The molecule has 2 aromatic rings. The Labute approximate surface area is 197 Å². The van der Waals surface area contributed by atoms with Crippen LogP contribution in [0.25, 0.3) is 0 Å². The number of nitrogens with one attached hydrogen (secondary N) is 2. The van der Waals surface area contributed by atoms with E-state index in [0.29, 0.717) is 31.5 Å². The van der Waals surface area contributed by atoms with Crippen molar-refractivity contribution in [2.45, 2.75) is 49.3 Å². The molecule has 1 amide bonds. The summed E-state index contributed by atoms with van der Waals surface area (Å²) >= 11 is 0. The van der Waals surface area contributed by atoms with Crippen LogP contribution in [0.1, 0.15) is 48.1 Å². The third-order valence-corrected chi connectivity index (χ3v) is 6.63. The number of hydrogen-bond donors (Lipinski definition) is 2. The van der Waals surface area contributed by atoms with E-state index in [9.17, 15) is 31.1 Å². The Morgan fingerprint density at radius 2 is 1.63 bits per heavy atom. The Morgan fingerprint density at radius 3 is 2.11 bits per heavy atom. The second kappa shape index (κ2) is 9.02. The number of amides is 1. The van der Waals surface area contributed by atoms with Crippen molar-refractivity contribution in [2.24, 2.45) is 0 Å². The molecule has 3 atom stereocenters. The first kappa shape index (κ1) is 25.3. The fraction of sp³-hybridized carbons (Fsp3) is 0.458. The summed E-state index contributed by atoms with van der Waals surface area (Å²) in [6.45, 7) is 1.96. The summed E-state index contributed by atoms with van der Waals surface area (Å²) in [5.41, 5.74) is -3.48. The van der Waals surface area contributed by atoms with Crippen LogP contribution in [0.5, 0.6) is 0 Å². The summed E-state index contributed by atoms with van der Waals surface area (Å²) in [4.78, 5) is 11.6. The molecule has 2 aliphatic rings. The first-order valence-electron chi connectivity index (χ1n) is 11.0. The number of halogens is 6. The molecule has 0 aromatic heterocycles. The topological polar surface area (TPSA) is 59.6 Å². The third kappa shape index (κ3) is 5.40. The van der Waals surface area contributed by atoms with Gasteiger partial charge in [-0.3, -0.25) is 0 Å². The minimum absolute atomic E-state index is 0.0132. The zero-order valence-corrected chi connectivity index (χ0v) is 18.7. The molecule has 0 saturated carbocycles. The quantitative estimate of drug-likeness (QED) is 0.526. The lowest BCUT2D eigenvalue weighted by Gasteiger charge is -2.45. The second-order valence-corrected chi connectivity index (χ2v) is 9.08. The molecule has 0 radical (unpaired) electrons. The van der Waals surface area contributed by atoms with Gasteiger partial charge in [0.2, 0.25) is 0 Å². The molecule has 4 rings (SSSR count). The van der Waals surface area contributed by atoms with E-state index in [1.54, 1.807) is 0 Å². The number of cyclic esters (lactones) is 1. The van der Waals surface area contributed by atoms with Crippen LogP contribution in [-0.4, -0.2) is 31.4 Å². The summed E-state index contributed by atoms with van der Waals surface area (Å²) in [5, 5.41) is 6.21. The summed E-state index contributed by atoms with van der Waals surface area (Å²) in [6, 6.07) is 10.7. The van der Waals surface area contributed by atoms with Crippen molar-refractivity contribution in [3.63, 3.8) is 0 Å². The van der Waals surface area contributed by atoms with Crippen LogP contribution in [0.15, 0.2) is 48.5 Å². The summed E-state index contributed by atoms with van der Waals surface area (Å²) in [5.74, 6) is 0. The monoisotopic (exact) mass is 502 g/mol. The molecule has 0 unspecified atom stereocenters. The van der Waals surface area contributed by atoms with Crippen LogP contribution in [0, 0.1) is 0 Å². The molecular formula is C24H24F6N2O3. The number of carbonyl (C=O) groups is 1. The lowest BCUT2D eigenvalue weighted by Crippen LogP contribution is -2.62. The summed E-state index contributed by atoms with van der Waals surface area (Å²) in [6.07, 6.45) is -10.4. The average molecular weight is 502 g/mol. The Kier molecular flexibility index (Phi) is 6.52. The van der Waals surface area contributed by atoms with Crippen molar-refractivity contribution < 1.29 is 40.6 Å². The molecule has 2 fully saturated rings. The Morgan fingerprint density at radius 1 is 1.00 bits per heavy atom. The highest BCUT2D eigenvalue weighted by Gasteiger charge is 2.48. The molecule has 2 saturated heterocycles. The normalized spacial score (nSPS) is 25.9. The molecule has 11 heteroatoms. The molecule has 35 heavy (non-hydrogen) atoms. The molecule has 0 aliphatic carbocycles. The first-order valence-corrected chi connectivity index (χ1v) is 11.0. The zero-order valence-electron chi connectivity index (χ0n) is 18.7. The van der Waals surface area contributed by atoms with Crippen molar-refractivity contribution >= 4 is 6.09 Å². The fourth-order valence-electron chi connectivity index (χ4n) is 4.48. The minimum Gasteiger partial charge on any atom is -0.447 e. The lowest BCUT2D eigenvalue weighted by molar-refractivity contribution is -0.143. The molecule has 190 valence electrons. The maximum Gasteiger partial charge on any atom is 0.416 e. The minimum atomic E-state index is -4.94. The Bertz CT molecular complexity index is 1030. The van der Waals surface area contributed by atoms with Gasteiger partial charge in [0.25, 0.3) is 0 Å². The van der Waals surface area contributed by atoms with Crippen LogP contribution >= 0.6 is 0 Å². The van der Waals surface area contributed by atoms with Crippen LogP contribution in [-0.2, 0) is 27.4 Å². The maximum atomic E-state index is 13.3. The predicted molar refractivity (Wildman–Crippen MR) is 113 cm³/mol. The maximum absolute atomic E-state index is 13.3. The molecule has 5 nitrogen and oxygen atoms in total. The van der Waals surface area contributed by atoms with Crippen LogP contribution in [0.2, 0.25) is 0 Å². The average Bonchev–Trinajstić information content (AvgIpc) is 3.18. The molecule has 2 heterocycles. The molecule has 0 bridgehead atoms. The van der Waals surface area contributed by atoms with Crippen LogP contribution in [0.4, 0.5) is 31.1 Å². The van der Waals surface area contributed by atoms with E-state index in [1.165, 1.54) is 6.92 Å². The van der Waals surface area contributed by atoms with Crippen molar-refractivity contribution in [3.8, 4) is 0 Å². The molecular weight excluding hydrogens is 478 g/mol. The van der Waals surface area contributed by atoms with E-state index in [1.807, 2.05) is 30.3 Å². The number of carbonyl (C=O) groups excluding carboxylic acids is 1.